The molecule has 3 rings (SSSR count). The van der Waals surface area contributed by atoms with Crippen LogP contribution < -0.4 is 4.74 Å². The molecular formula is C25H30N2O. The van der Waals surface area contributed by atoms with Gasteiger partial charge in [0.2, 0.25) is 0 Å². The molecule has 3 nitrogen and oxygen atoms in total. The Morgan fingerprint density at radius 3 is 1.86 bits per heavy atom. The molecule has 0 fully saturated rings. The van der Waals surface area contributed by atoms with Gasteiger partial charge in [-0.15, -0.1) is 0 Å². The highest BCUT2D eigenvalue weighted by Crippen LogP contribution is 2.20. The molecule has 0 aliphatic carbocycles. The summed E-state index contributed by atoms with van der Waals surface area (Å²) in [7, 11) is 0. The minimum absolute atomic E-state index is 0.579. The lowest BCUT2D eigenvalue weighted by Gasteiger charge is -2.08. The molecule has 3 aromatic rings. The fourth-order valence-corrected chi connectivity index (χ4v) is 3.06. The van der Waals surface area contributed by atoms with Gasteiger partial charge in [0.05, 0.1) is 0 Å². The van der Waals surface area contributed by atoms with E-state index in [1.54, 1.807) is 0 Å². The van der Waals surface area contributed by atoms with Crippen LogP contribution in [0.15, 0.2) is 60.9 Å². The first-order chi connectivity index (χ1) is 13.8. The molecule has 1 heterocycles. The molecule has 0 saturated heterocycles. The molecule has 0 bridgehead atoms. The van der Waals surface area contributed by atoms with Crippen molar-refractivity contribution in [3.8, 4) is 17.1 Å². The molecule has 3 heteroatoms. The number of aryl methyl sites for hydroxylation is 2. The highest BCUT2D eigenvalue weighted by atomic mass is 16.5. The second-order valence-electron chi connectivity index (χ2n) is 7.25. The van der Waals surface area contributed by atoms with Crippen LogP contribution >= 0.6 is 0 Å². The van der Waals surface area contributed by atoms with E-state index in [9.17, 15) is 0 Å². The van der Waals surface area contributed by atoms with E-state index < -0.39 is 0 Å². The van der Waals surface area contributed by atoms with Crippen LogP contribution in [-0.2, 0) is 19.4 Å². The van der Waals surface area contributed by atoms with E-state index in [1.807, 2.05) is 36.7 Å². The fraction of sp³-hybridized carbons (Fsp3) is 0.360. The molecule has 0 saturated carbocycles. The van der Waals surface area contributed by atoms with Crippen molar-refractivity contribution in [3.63, 3.8) is 0 Å². The number of hydrogen-bond acceptors (Lipinski definition) is 3. The summed E-state index contributed by atoms with van der Waals surface area (Å²) in [5, 5.41) is 0. The lowest BCUT2D eigenvalue weighted by atomic mass is 10.1. The lowest BCUT2D eigenvalue weighted by molar-refractivity contribution is 0.306. The Balaban J connectivity index is 1.54. The monoisotopic (exact) mass is 374 g/mol. The minimum Gasteiger partial charge on any atom is -0.489 e. The van der Waals surface area contributed by atoms with Gasteiger partial charge in [-0.2, -0.15) is 0 Å². The zero-order valence-corrected chi connectivity index (χ0v) is 17.0. The van der Waals surface area contributed by atoms with Crippen molar-refractivity contribution in [1.82, 2.24) is 9.97 Å². The average molecular weight is 375 g/mol. The molecule has 28 heavy (non-hydrogen) atoms. The normalized spacial score (nSPS) is 10.8. The van der Waals surface area contributed by atoms with Crippen LogP contribution in [-0.4, -0.2) is 9.97 Å². The van der Waals surface area contributed by atoms with Crippen LogP contribution in [0.3, 0.4) is 0 Å². The number of rotatable bonds is 10. The quantitative estimate of drug-likeness (QED) is 0.411. The van der Waals surface area contributed by atoms with Crippen molar-refractivity contribution in [2.45, 2.75) is 59.0 Å². The third kappa shape index (κ3) is 5.91. The highest BCUT2D eigenvalue weighted by Gasteiger charge is 2.03. The Hall–Kier alpha value is -2.68. The summed E-state index contributed by atoms with van der Waals surface area (Å²) < 4.78 is 5.93. The fourth-order valence-electron chi connectivity index (χ4n) is 3.06. The molecule has 2 aromatic carbocycles. The van der Waals surface area contributed by atoms with E-state index >= 15 is 0 Å². The number of hydrogen-bond donors (Lipinski definition) is 0. The van der Waals surface area contributed by atoms with Gasteiger partial charge in [-0.25, -0.2) is 9.97 Å². The zero-order chi connectivity index (χ0) is 19.6. The molecular weight excluding hydrogens is 344 g/mol. The Bertz CT molecular complexity index is 824. The van der Waals surface area contributed by atoms with Gasteiger partial charge in [0.15, 0.2) is 5.82 Å². The van der Waals surface area contributed by atoms with Gasteiger partial charge < -0.3 is 4.74 Å². The third-order valence-corrected chi connectivity index (χ3v) is 4.88. The zero-order valence-electron chi connectivity index (χ0n) is 17.0. The molecule has 146 valence electrons. The van der Waals surface area contributed by atoms with Crippen molar-refractivity contribution in [2.24, 2.45) is 0 Å². The SMILES string of the molecule is CCCCc1ccc(COc2ccc(-c3ncc(CCCC)cn3)cc2)cc1. The summed E-state index contributed by atoms with van der Waals surface area (Å²) >= 11 is 0. The van der Waals surface area contributed by atoms with E-state index in [0.29, 0.717) is 6.61 Å². The highest BCUT2D eigenvalue weighted by molar-refractivity contribution is 5.55. The predicted molar refractivity (Wildman–Crippen MR) is 115 cm³/mol. The Kier molecular flexibility index (Phi) is 7.60. The first-order valence-electron chi connectivity index (χ1n) is 10.4. The van der Waals surface area contributed by atoms with E-state index in [-0.39, 0.29) is 0 Å². The van der Waals surface area contributed by atoms with Crippen LogP contribution in [0.4, 0.5) is 0 Å². The van der Waals surface area contributed by atoms with Crippen LogP contribution in [0, 0.1) is 0 Å². The van der Waals surface area contributed by atoms with Crippen molar-refractivity contribution >= 4 is 0 Å². The van der Waals surface area contributed by atoms with E-state index in [2.05, 4.69) is 48.1 Å². The van der Waals surface area contributed by atoms with Gasteiger partial charge >= 0.3 is 0 Å². The van der Waals surface area contributed by atoms with Crippen molar-refractivity contribution in [1.29, 1.82) is 0 Å². The molecule has 0 radical (unpaired) electrons. The van der Waals surface area contributed by atoms with E-state index in [4.69, 9.17) is 4.74 Å². The first-order valence-corrected chi connectivity index (χ1v) is 10.4. The molecule has 0 N–H and O–H groups in total. The second-order valence-corrected chi connectivity index (χ2v) is 7.25. The van der Waals surface area contributed by atoms with Crippen molar-refractivity contribution in [3.05, 3.63) is 77.6 Å². The summed E-state index contributed by atoms with van der Waals surface area (Å²) in [6.45, 7) is 5.00. The number of ether oxygens (including phenoxy) is 1. The molecule has 1 aromatic heterocycles. The van der Waals surface area contributed by atoms with Gasteiger partial charge in [-0.3, -0.25) is 0 Å². The number of aromatic nitrogens is 2. The van der Waals surface area contributed by atoms with Crippen LogP contribution in [0.2, 0.25) is 0 Å². The van der Waals surface area contributed by atoms with Crippen LogP contribution in [0.5, 0.6) is 5.75 Å². The topological polar surface area (TPSA) is 35.0 Å². The standard InChI is InChI=1S/C25H30N2O/c1-3-5-7-20-9-11-21(12-10-20)19-28-24-15-13-23(14-16-24)25-26-17-22(18-27-25)8-6-4-2/h9-18H,3-8,19H2,1-2H3. The van der Waals surface area contributed by atoms with Crippen LogP contribution in [0.25, 0.3) is 11.4 Å². The predicted octanol–water partition coefficient (Wildman–Crippen LogP) is 6.41. The van der Waals surface area contributed by atoms with Gasteiger partial charge in [0, 0.05) is 18.0 Å². The van der Waals surface area contributed by atoms with Crippen molar-refractivity contribution in [2.75, 3.05) is 0 Å². The molecule has 0 spiro atoms. The van der Waals surface area contributed by atoms with Crippen LogP contribution in [0.1, 0.15) is 56.2 Å². The second kappa shape index (κ2) is 10.6. The maximum absolute atomic E-state index is 5.93. The summed E-state index contributed by atoms with van der Waals surface area (Å²) in [4.78, 5) is 9.01. The molecule has 0 unspecified atom stereocenters. The van der Waals surface area contributed by atoms with E-state index in [1.165, 1.54) is 42.4 Å². The third-order valence-electron chi connectivity index (χ3n) is 4.88. The largest absolute Gasteiger partial charge is 0.489 e. The maximum Gasteiger partial charge on any atom is 0.159 e. The molecule has 0 atom stereocenters. The Morgan fingerprint density at radius 2 is 1.25 bits per heavy atom. The Morgan fingerprint density at radius 1 is 0.679 bits per heavy atom. The maximum atomic E-state index is 5.93. The van der Waals surface area contributed by atoms with Gasteiger partial charge in [-0.1, -0.05) is 51.0 Å². The van der Waals surface area contributed by atoms with Gasteiger partial charge in [0.1, 0.15) is 12.4 Å². The summed E-state index contributed by atoms with van der Waals surface area (Å²) in [5.41, 5.74) is 4.80. The smallest absolute Gasteiger partial charge is 0.159 e. The average Bonchev–Trinajstić information content (AvgIpc) is 2.76. The summed E-state index contributed by atoms with van der Waals surface area (Å²) in [5.74, 6) is 1.62. The van der Waals surface area contributed by atoms with E-state index in [0.717, 1.165) is 30.0 Å². The minimum atomic E-state index is 0.579. The molecule has 0 amide bonds. The number of unbranched alkanes of at least 4 members (excludes halogenated alkanes) is 2. The Labute approximate surface area is 168 Å². The van der Waals surface area contributed by atoms with Gasteiger partial charge in [0.25, 0.3) is 0 Å². The lowest BCUT2D eigenvalue weighted by Crippen LogP contribution is -1.96. The van der Waals surface area contributed by atoms with Crippen molar-refractivity contribution < 1.29 is 4.74 Å². The summed E-state index contributed by atoms with van der Waals surface area (Å²) in [6.07, 6.45) is 10.9. The number of benzene rings is 2. The summed E-state index contributed by atoms with van der Waals surface area (Å²) in [6, 6.07) is 16.7. The number of nitrogens with zero attached hydrogens (tertiary/aromatic N) is 2. The molecule has 0 aliphatic heterocycles. The molecule has 0 aliphatic rings. The first kappa shape index (κ1) is 20.1. The van der Waals surface area contributed by atoms with Gasteiger partial charge in [-0.05, 0) is 66.6 Å².